The highest BCUT2D eigenvalue weighted by molar-refractivity contribution is 5.98. The van der Waals surface area contributed by atoms with Crippen LogP contribution in [0.25, 0.3) is 10.9 Å². The number of H-pyrrole nitrogens is 1. The van der Waals surface area contributed by atoms with Crippen molar-refractivity contribution < 1.29 is 9.59 Å². The monoisotopic (exact) mass is 347 g/mol. The van der Waals surface area contributed by atoms with Crippen molar-refractivity contribution in [2.45, 2.75) is 25.3 Å². The third-order valence-electron chi connectivity index (χ3n) is 4.72. The Bertz CT molecular complexity index is 929. The van der Waals surface area contributed by atoms with Crippen LogP contribution in [-0.2, 0) is 16.0 Å². The number of anilines is 1. The minimum Gasteiger partial charge on any atom is -0.361 e. The molecule has 1 heterocycles. The molecule has 1 saturated carbocycles. The Morgan fingerprint density at radius 2 is 1.77 bits per heavy atom. The first-order valence-corrected chi connectivity index (χ1v) is 8.92. The van der Waals surface area contributed by atoms with Gasteiger partial charge in [0.05, 0.1) is 0 Å². The van der Waals surface area contributed by atoms with Crippen LogP contribution in [-0.4, -0.2) is 22.8 Å². The van der Waals surface area contributed by atoms with Gasteiger partial charge in [0.1, 0.15) is 6.04 Å². The van der Waals surface area contributed by atoms with E-state index in [2.05, 4.69) is 15.6 Å². The number of aromatic nitrogens is 1. The van der Waals surface area contributed by atoms with E-state index < -0.39 is 6.04 Å². The molecule has 132 valence electrons. The van der Waals surface area contributed by atoms with E-state index in [4.69, 9.17) is 0 Å². The largest absolute Gasteiger partial charge is 0.361 e. The number of aromatic amines is 1. The summed E-state index contributed by atoms with van der Waals surface area (Å²) < 4.78 is 0. The van der Waals surface area contributed by atoms with Crippen molar-refractivity contribution >= 4 is 28.4 Å². The first kappa shape index (κ1) is 16.4. The number of rotatable bonds is 6. The van der Waals surface area contributed by atoms with Crippen molar-refractivity contribution in [2.24, 2.45) is 5.92 Å². The number of hydrogen-bond acceptors (Lipinski definition) is 2. The summed E-state index contributed by atoms with van der Waals surface area (Å²) in [4.78, 5) is 28.3. The molecule has 0 unspecified atom stereocenters. The van der Waals surface area contributed by atoms with Crippen LogP contribution in [0.2, 0.25) is 0 Å². The average molecular weight is 347 g/mol. The highest BCUT2D eigenvalue weighted by Gasteiger charge is 2.33. The zero-order valence-electron chi connectivity index (χ0n) is 14.4. The zero-order valence-corrected chi connectivity index (χ0v) is 14.4. The van der Waals surface area contributed by atoms with Gasteiger partial charge in [-0.3, -0.25) is 9.59 Å². The first-order valence-electron chi connectivity index (χ1n) is 8.92. The van der Waals surface area contributed by atoms with E-state index in [-0.39, 0.29) is 17.7 Å². The number of nitrogens with one attached hydrogen (secondary N) is 3. The number of carbonyl (C=O) groups is 2. The van der Waals surface area contributed by atoms with Crippen molar-refractivity contribution in [2.75, 3.05) is 5.32 Å². The molecule has 1 aromatic heterocycles. The van der Waals surface area contributed by atoms with Crippen molar-refractivity contribution in [3.8, 4) is 0 Å². The molecule has 0 aliphatic heterocycles. The molecule has 3 N–H and O–H groups in total. The van der Waals surface area contributed by atoms with Crippen LogP contribution in [0.3, 0.4) is 0 Å². The predicted molar refractivity (Wildman–Crippen MR) is 102 cm³/mol. The molecule has 3 aromatic rings. The predicted octanol–water partition coefficient (Wildman–Crippen LogP) is 3.24. The van der Waals surface area contributed by atoms with Crippen LogP contribution in [0, 0.1) is 5.92 Å². The van der Waals surface area contributed by atoms with Crippen LogP contribution in [0.4, 0.5) is 5.69 Å². The molecule has 0 saturated heterocycles. The van der Waals surface area contributed by atoms with E-state index in [0.717, 1.165) is 35.0 Å². The summed E-state index contributed by atoms with van der Waals surface area (Å²) in [6, 6.07) is 16.7. The summed E-state index contributed by atoms with van der Waals surface area (Å²) in [6.07, 6.45) is 4.18. The molecule has 5 nitrogen and oxygen atoms in total. The van der Waals surface area contributed by atoms with Gasteiger partial charge in [0.25, 0.3) is 0 Å². The lowest BCUT2D eigenvalue weighted by Gasteiger charge is -2.18. The summed E-state index contributed by atoms with van der Waals surface area (Å²) in [5.41, 5.74) is 2.77. The minimum absolute atomic E-state index is 0.0296. The summed E-state index contributed by atoms with van der Waals surface area (Å²) in [6.45, 7) is 0. The Morgan fingerprint density at radius 1 is 1.04 bits per heavy atom. The van der Waals surface area contributed by atoms with Gasteiger partial charge < -0.3 is 15.6 Å². The number of hydrogen-bond donors (Lipinski definition) is 3. The maximum absolute atomic E-state index is 12.8. The van der Waals surface area contributed by atoms with E-state index in [1.54, 1.807) is 0 Å². The molecule has 0 radical (unpaired) electrons. The number of amides is 2. The number of fused-ring (bicyclic) bond motifs is 1. The third-order valence-corrected chi connectivity index (χ3v) is 4.72. The van der Waals surface area contributed by atoms with Gasteiger partial charge in [-0.1, -0.05) is 36.4 Å². The van der Waals surface area contributed by atoms with Gasteiger partial charge in [-0.05, 0) is 36.6 Å². The normalized spacial score (nSPS) is 14.8. The molecule has 0 bridgehead atoms. The second-order valence-corrected chi connectivity index (χ2v) is 6.75. The molecule has 1 atom stereocenters. The fourth-order valence-corrected chi connectivity index (χ4v) is 3.12. The highest BCUT2D eigenvalue weighted by atomic mass is 16.2. The molecular formula is C21H21N3O2. The SMILES string of the molecule is O=C(N[C@@H](Cc1c[nH]c2ccccc12)C(=O)Nc1ccccc1)C1CC1. The Morgan fingerprint density at radius 3 is 2.54 bits per heavy atom. The fraction of sp³-hybridized carbons (Fsp3) is 0.238. The molecule has 1 aliphatic carbocycles. The molecule has 26 heavy (non-hydrogen) atoms. The van der Waals surface area contributed by atoms with Crippen LogP contribution in [0.5, 0.6) is 0 Å². The third kappa shape index (κ3) is 3.61. The molecule has 2 aromatic carbocycles. The Balaban J connectivity index is 1.55. The second-order valence-electron chi connectivity index (χ2n) is 6.75. The molecule has 2 amide bonds. The van der Waals surface area contributed by atoms with E-state index in [0.29, 0.717) is 6.42 Å². The van der Waals surface area contributed by atoms with E-state index in [1.165, 1.54) is 0 Å². The lowest BCUT2D eigenvalue weighted by Crippen LogP contribution is -2.45. The molecule has 5 heteroatoms. The molecular weight excluding hydrogens is 326 g/mol. The lowest BCUT2D eigenvalue weighted by molar-refractivity contribution is -0.127. The second kappa shape index (κ2) is 7.04. The van der Waals surface area contributed by atoms with Crippen molar-refractivity contribution in [3.63, 3.8) is 0 Å². The van der Waals surface area contributed by atoms with Gasteiger partial charge in [0.2, 0.25) is 11.8 Å². The summed E-state index contributed by atoms with van der Waals surface area (Å²) in [5.74, 6) is -0.168. The van der Waals surface area contributed by atoms with E-state index >= 15 is 0 Å². The highest BCUT2D eigenvalue weighted by Crippen LogP contribution is 2.29. The Labute approximate surface area is 151 Å². The molecule has 0 spiro atoms. The molecule has 1 fully saturated rings. The Hall–Kier alpha value is -3.08. The van der Waals surface area contributed by atoms with Gasteiger partial charge >= 0.3 is 0 Å². The standard InChI is InChI=1S/C21H21N3O2/c25-20(14-10-11-14)24-19(21(26)23-16-6-2-1-3-7-16)12-15-13-22-18-9-5-4-8-17(15)18/h1-9,13-14,19,22H,10-12H2,(H,23,26)(H,24,25)/t19-/m0/s1. The smallest absolute Gasteiger partial charge is 0.247 e. The van der Waals surface area contributed by atoms with Crippen LogP contribution < -0.4 is 10.6 Å². The van der Waals surface area contributed by atoms with Crippen molar-refractivity contribution in [1.29, 1.82) is 0 Å². The number of benzene rings is 2. The maximum atomic E-state index is 12.8. The summed E-state index contributed by atoms with van der Waals surface area (Å²) in [7, 11) is 0. The molecule has 4 rings (SSSR count). The van der Waals surface area contributed by atoms with Crippen molar-refractivity contribution in [3.05, 3.63) is 66.4 Å². The number of para-hydroxylation sites is 2. The fourth-order valence-electron chi connectivity index (χ4n) is 3.12. The minimum atomic E-state index is -0.609. The average Bonchev–Trinajstić information content (AvgIpc) is 3.44. The molecule has 1 aliphatic rings. The summed E-state index contributed by atoms with van der Waals surface area (Å²) >= 11 is 0. The van der Waals surface area contributed by atoms with E-state index in [1.807, 2.05) is 60.8 Å². The van der Waals surface area contributed by atoms with Crippen LogP contribution in [0.15, 0.2) is 60.8 Å². The summed E-state index contributed by atoms with van der Waals surface area (Å²) in [5, 5.41) is 6.92. The Kier molecular flexibility index (Phi) is 4.44. The maximum Gasteiger partial charge on any atom is 0.247 e. The van der Waals surface area contributed by atoms with Gasteiger partial charge in [-0.2, -0.15) is 0 Å². The zero-order chi connectivity index (χ0) is 17.9. The first-order chi connectivity index (χ1) is 12.7. The quantitative estimate of drug-likeness (QED) is 0.640. The lowest BCUT2D eigenvalue weighted by atomic mass is 10.0. The number of carbonyl (C=O) groups excluding carboxylic acids is 2. The van der Waals surface area contributed by atoms with Crippen molar-refractivity contribution in [1.82, 2.24) is 10.3 Å². The topological polar surface area (TPSA) is 74.0 Å². The van der Waals surface area contributed by atoms with Gasteiger partial charge in [0, 0.05) is 35.1 Å². The van der Waals surface area contributed by atoms with Gasteiger partial charge in [-0.15, -0.1) is 0 Å². The van der Waals surface area contributed by atoms with Crippen LogP contribution in [0.1, 0.15) is 18.4 Å². The van der Waals surface area contributed by atoms with Gasteiger partial charge in [-0.25, -0.2) is 0 Å². The van der Waals surface area contributed by atoms with Gasteiger partial charge in [0.15, 0.2) is 0 Å². The van der Waals surface area contributed by atoms with Crippen LogP contribution >= 0.6 is 0 Å². The van der Waals surface area contributed by atoms with E-state index in [9.17, 15) is 9.59 Å².